The first-order chi connectivity index (χ1) is 11.0. The largest absolute Gasteiger partial charge is 0.497 e. The van der Waals surface area contributed by atoms with Crippen LogP contribution >= 0.6 is 0 Å². The van der Waals surface area contributed by atoms with Gasteiger partial charge in [0.2, 0.25) is 0 Å². The van der Waals surface area contributed by atoms with Crippen molar-refractivity contribution < 1.29 is 13.2 Å². The second-order valence-electron chi connectivity index (χ2n) is 5.12. The van der Waals surface area contributed by atoms with Crippen molar-refractivity contribution in [2.24, 2.45) is 0 Å². The molecule has 0 aliphatic heterocycles. The highest BCUT2D eigenvalue weighted by Gasteiger charge is 2.18. The molecule has 1 heterocycles. The number of anilines is 1. The van der Waals surface area contributed by atoms with Gasteiger partial charge in [-0.05, 0) is 42.8 Å². The predicted molar refractivity (Wildman–Crippen MR) is 90.3 cm³/mol. The summed E-state index contributed by atoms with van der Waals surface area (Å²) in [5.41, 5.74) is 1.69. The van der Waals surface area contributed by atoms with E-state index in [0.29, 0.717) is 22.5 Å². The van der Waals surface area contributed by atoms with Gasteiger partial charge in [0.1, 0.15) is 5.75 Å². The molecule has 118 valence electrons. The SMILES string of the molecule is COc1ccc(S(=O)(=O)Nc2cccc3cccnc23)c(C)c1. The number of hydrogen-bond donors (Lipinski definition) is 1. The second kappa shape index (κ2) is 5.89. The molecule has 6 heteroatoms. The van der Waals surface area contributed by atoms with Crippen molar-refractivity contribution in [1.29, 1.82) is 0 Å². The van der Waals surface area contributed by atoms with E-state index in [9.17, 15) is 8.42 Å². The van der Waals surface area contributed by atoms with Gasteiger partial charge < -0.3 is 4.74 Å². The van der Waals surface area contributed by atoms with E-state index in [0.717, 1.165) is 5.39 Å². The highest BCUT2D eigenvalue weighted by Crippen LogP contribution is 2.26. The molecule has 1 aromatic heterocycles. The first-order valence-electron chi connectivity index (χ1n) is 7.02. The summed E-state index contributed by atoms with van der Waals surface area (Å²) < 4.78 is 33.1. The number of aryl methyl sites for hydroxylation is 1. The molecule has 0 saturated carbocycles. The smallest absolute Gasteiger partial charge is 0.262 e. The quantitative estimate of drug-likeness (QED) is 0.797. The first kappa shape index (κ1) is 15.3. The lowest BCUT2D eigenvalue weighted by atomic mass is 10.2. The second-order valence-corrected chi connectivity index (χ2v) is 6.77. The van der Waals surface area contributed by atoms with Gasteiger partial charge >= 0.3 is 0 Å². The molecule has 0 spiro atoms. The van der Waals surface area contributed by atoms with E-state index in [1.54, 1.807) is 44.5 Å². The standard InChI is InChI=1S/C17H16N2O3S/c1-12-11-14(22-2)8-9-16(12)23(20,21)19-15-7-3-5-13-6-4-10-18-17(13)15/h3-11,19H,1-2H3. The van der Waals surface area contributed by atoms with Crippen LogP contribution in [-0.4, -0.2) is 20.5 Å². The minimum absolute atomic E-state index is 0.214. The average molecular weight is 328 g/mol. The fraction of sp³-hybridized carbons (Fsp3) is 0.118. The molecule has 0 fully saturated rings. The van der Waals surface area contributed by atoms with Crippen molar-refractivity contribution in [2.45, 2.75) is 11.8 Å². The van der Waals surface area contributed by atoms with E-state index < -0.39 is 10.0 Å². The minimum Gasteiger partial charge on any atom is -0.497 e. The normalized spacial score (nSPS) is 11.4. The van der Waals surface area contributed by atoms with Crippen LogP contribution in [0.3, 0.4) is 0 Å². The summed E-state index contributed by atoms with van der Waals surface area (Å²) in [4.78, 5) is 4.48. The maximum Gasteiger partial charge on any atom is 0.262 e. The molecular weight excluding hydrogens is 312 g/mol. The topological polar surface area (TPSA) is 68.3 Å². The van der Waals surface area contributed by atoms with Gasteiger partial charge in [0.15, 0.2) is 0 Å². The van der Waals surface area contributed by atoms with E-state index >= 15 is 0 Å². The summed E-state index contributed by atoms with van der Waals surface area (Å²) in [7, 11) is -2.16. The zero-order valence-corrected chi connectivity index (χ0v) is 13.6. The van der Waals surface area contributed by atoms with Crippen molar-refractivity contribution in [2.75, 3.05) is 11.8 Å². The van der Waals surface area contributed by atoms with E-state index in [-0.39, 0.29) is 4.90 Å². The summed E-state index contributed by atoms with van der Waals surface area (Å²) >= 11 is 0. The number of fused-ring (bicyclic) bond motifs is 1. The lowest BCUT2D eigenvalue weighted by Gasteiger charge is -2.12. The third-order valence-electron chi connectivity index (χ3n) is 3.55. The Morgan fingerprint density at radius 1 is 1.09 bits per heavy atom. The maximum atomic E-state index is 12.7. The van der Waals surface area contributed by atoms with Gasteiger partial charge in [-0.2, -0.15) is 0 Å². The number of pyridine rings is 1. The summed E-state index contributed by atoms with van der Waals surface area (Å²) in [6.45, 7) is 1.73. The Bertz CT molecular complexity index is 963. The summed E-state index contributed by atoms with van der Waals surface area (Å²) in [5, 5.41) is 0.874. The number of sulfonamides is 1. The number of aromatic nitrogens is 1. The number of nitrogens with one attached hydrogen (secondary N) is 1. The lowest BCUT2D eigenvalue weighted by Crippen LogP contribution is -2.14. The zero-order chi connectivity index (χ0) is 16.4. The molecule has 3 rings (SSSR count). The van der Waals surface area contributed by atoms with Gasteiger partial charge in [-0.15, -0.1) is 0 Å². The molecule has 0 saturated heterocycles. The summed E-state index contributed by atoms with van der Waals surface area (Å²) in [5.74, 6) is 0.619. The fourth-order valence-corrected chi connectivity index (χ4v) is 3.73. The fourth-order valence-electron chi connectivity index (χ4n) is 2.44. The molecule has 0 aliphatic rings. The number of rotatable bonds is 4. The van der Waals surface area contributed by atoms with Gasteiger partial charge in [-0.25, -0.2) is 8.42 Å². The molecule has 0 amide bonds. The van der Waals surface area contributed by atoms with E-state index in [2.05, 4.69) is 9.71 Å². The molecule has 0 unspecified atom stereocenters. The highest BCUT2D eigenvalue weighted by atomic mass is 32.2. The molecule has 23 heavy (non-hydrogen) atoms. The molecule has 0 radical (unpaired) electrons. The molecule has 5 nitrogen and oxygen atoms in total. The lowest BCUT2D eigenvalue weighted by molar-refractivity contribution is 0.414. The Morgan fingerprint density at radius 3 is 2.61 bits per heavy atom. The Hall–Kier alpha value is -2.60. The molecule has 2 aromatic carbocycles. The van der Waals surface area contributed by atoms with Crippen molar-refractivity contribution in [3.63, 3.8) is 0 Å². The van der Waals surface area contributed by atoms with Crippen LogP contribution in [0.5, 0.6) is 5.75 Å². The first-order valence-corrected chi connectivity index (χ1v) is 8.51. The Labute approximate surface area is 135 Å². The third-order valence-corrected chi connectivity index (χ3v) is 5.07. The molecule has 0 aliphatic carbocycles. The Morgan fingerprint density at radius 2 is 1.87 bits per heavy atom. The Balaban J connectivity index is 2.04. The molecule has 0 bridgehead atoms. The number of para-hydroxylation sites is 1. The molecule has 1 N–H and O–H groups in total. The van der Waals surface area contributed by atoms with Gasteiger partial charge in [0, 0.05) is 11.6 Å². The van der Waals surface area contributed by atoms with Crippen LogP contribution in [0.15, 0.2) is 59.6 Å². The van der Waals surface area contributed by atoms with E-state index in [1.165, 1.54) is 6.07 Å². The number of nitrogens with zero attached hydrogens (tertiary/aromatic N) is 1. The number of hydrogen-bond acceptors (Lipinski definition) is 4. The van der Waals surface area contributed by atoms with E-state index in [1.807, 2.05) is 18.2 Å². The van der Waals surface area contributed by atoms with Gasteiger partial charge in [0.25, 0.3) is 10.0 Å². The van der Waals surface area contributed by atoms with Crippen LogP contribution in [-0.2, 0) is 10.0 Å². The van der Waals surface area contributed by atoms with E-state index in [4.69, 9.17) is 4.74 Å². The van der Waals surface area contributed by atoms with Crippen LogP contribution < -0.4 is 9.46 Å². The summed E-state index contributed by atoms with van der Waals surface area (Å²) in [6, 6.07) is 13.9. The van der Waals surface area contributed by atoms with Gasteiger partial charge in [-0.3, -0.25) is 9.71 Å². The summed E-state index contributed by atoms with van der Waals surface area (Å²) in [6.07, 6.45) is 1.64. The van der Waals surface area contributed by atoms with Crippen LogP contribution in [0.25, 0.3) is 10.9 Å². The number of methoxy groups -OCH3 is 1. The molecular formula is C17H16N2O3S. The number of benzene rings is 2. The monoisotopic (exact) mass is 328 g/mol. The van der Waals surface area contributed by atoms with Crippen LogP contribution in [0, 0.1) is 6.92 Å². The maximum absolute atomic E-state index is 12.7. The predicted octanol–water partition coefficient (Wildman–Crippen LogP) is 3.35. The number of ether oxygens (including phenoxy) is 1. The third kappa shape index (κ3) is 2.98. The van der Waals surface area contributed by atoms with Crippen LogP contribution in [0.2, 0.25) is 0 Å². The highest BCUT2D eigenvalue weighted by molar-refractivity contribution is 7.92. The molecule has 0 atom stereocenters. The average Bonchev–Trinajstić information content (AvgIpc) is 2.54. The van der Waals surface area contributed by atoms with Crippen molar-refractivity contribution in [1.82, 2.24) is 4.98 Å². The zero-order valence-electron chi connectivity index (χ0n) is 12.8. The van der Waals surface area contributed by atoms with Crippen molar-refractivity contribution >= 4 is 26.6 Å². The van der Waals surface area contributed by atoms with Crippen LogP contribution in [0.4, 0.5) is 5.69 Å². The Kier molecular flexibility index (Phi) is 3.92. The van der Waals surface area contributed by atoms with Gasteiger partial charge in [0.05, 0.1) is 23.2 Å². The van der Waals surface area contributed by atoms with Gasteiger partial charge in [-0.1, -0.05) is 18.2 Å². The molecule has 3 aromatic rings. The van der Waals surface area contributed by atoms with Crippen molar-refractivity contribution in [3.8, 4) is 5.75 Å². The van der Waals surface area contributed by atoms with Crippen molar-refractivity contribution in [3.05, 3.63) is 60.3 Å². The minimum atomic E-state index is -3.71. The van der Waals surface area contributed by atoms with Crippen LogP contribution in [0.1, 0.15) is 5.56 Å².